The molecule has 0 unspecified atom stereocenters. The highest BCUT2D eigenvalue weighted by molar-refractivity contribution is 5.75. The summed E-state index contributed by atoms with van der Waals surface area (Å²) < 4.78 is 3.04. The zero-order valence-corrected chi connectivity index (χ0v) is 15.6. The van der Waals surface area contributed by atoms with Crippen LogP contribution in [0.3, 0.4) is 0 Å². The minimum absolute atomic E-state index is 0.0113. The fourth-order valence-corrected chi connectivity index (χ4v) is 4.06. The fraction of sp³-hybridized carbons (Fsp3) is 0.550. The van der Waals surface area contributed by atoms with Crippen molar-refractivity contribution < 1.29 is 4.79 Å². The van der Waals surface area contributed by atoms with E-state index in [0.29, 0.717) is 0 Å². The Labute approximate surface area is 159 Å². The van der Waals surface area contributed by atoms with E-state index in [1.807, 2.05) is 35.2 Å². The number of carbonyl (C=O) groups is 1. The number of benzene rings is 1. The Kier molecular flexibility index (Phi) is 5.38. The Hall–Kier alpha value is -2.41. The average molecular weight is 369 g/mol. The molecule has 0 bridgehead atoms. The zero-order chi connectivity index (χ0) is 18.6. The van der Waals surface area contributed by atoms with Crippen molar-refractivity contribution in [3.05, 3.63) is 46.6 Å². The lowest BCUT2D eigenvalue weighted by molar-refractivity contribution is -0.133. The molecule has 27 heavy (non-hydrogen) atoms. The van der Waals surface area contributed by atoms with Gasteiger partial charge < -0.3 is 10.2 Å². The zero-order valence-electron chi connectivity index (χ0n) is 15.6. The largest absolute Gasteiger partial charge is 0.351 e. The molecule has 3 heterocycles. The number of para-hydroxylation sites is 1. The first-order chi connectivity index (χ1) is 13.2. The summed E-state index contributed by atoms with van der Waals surface area (Å²) in [5.74, 6) is 0.922. The highest BCUT2D eigenvalue weighted by Crippen LogP contribution is 2.23. The number of aromatic nitrogens is 3. The van der Waals surface area contributed by atoms with Crippen molar-refractivity contribution in [2.45, 2.75) is 44.6 Å². The van der Waals surface area contributed by atoms with Crippen LogP contribution in [0.15, 0.2) is 35.1 Å². The second-order valence-electron chi connectivity index (χ2n) is 7.45. The van der Waals surface area contributed by atoms with Gasteiger partial charge in [-0.3, -0.25) is 4.79 Å². The summed E-state index contributed by atoms with van der Waals surface area (Å²) in [6.45, 7) is 3.40. The molecule has 7 heteroatoms. The second kappa shape index (κ2) is 8.08. The number of hydrogen-bond acceptors (Lipinski definition) is 4. The van der Waals surface area contributed by atoms with Crippen LogP contribution in [-0.2, 0) is 11.3 Å². The molecule has 0 saturated carbocycles. The van der Waals surface area contributed by atoms with E-state index in [9.17, 15) is 9.59 Å². The Morgan fingerprint density at radius 1 is 1.11 bits per heavy atom. The number of carbonyl (C=O) groups excluding carboxylic acids is 1. The van der Waals surface area contributed by atoms with Gasteiger partial charge in [0.05, 0.1) is 5.69 Å². The molecule has 1 amide bonds. The summed E-state index contributed by atoms with van der Waals surface area (Å²) in [6.07, 6.45) is 5.31. The molecule has 2 aliphatic rings. The van der Waals surface area contributed by atoms with Crippen molar-refractivity contribution in [2.75, 3.05) is 26.2 Å². The van der Waals surface area contributed by atoms with Crippen LogP contribution in [-0.4, -0.2) is 51.3 Å². The lowest BCUT2D eigenvalue weighted by Gasteiger charge is -2.26. The molecule has 1 aromatic carbocycles. The van der Waals surface area contributed by atoms with Crippen molar-refractivity contribution in [1.82, 2.24) is 24.6 Å². The summed E-state index contributed by atoms with van der Waals surface area (Å²) in [5, 5.41) is 8.02. The normalized spacial score (nSPS) is 20.6. The number of likely N-dealkylation sites (tertiary alicyclic amines) is 1. The molecule has 2 aliphatic heterocycles. The smallest absolute Gasteiger partial charge is 0.341 e. The molecular weight excluding hydrogens is 342 g/mol. The van der Waals surface area contributed by atoms with Crippen LogP contribution < -0.4 is 11.0 Å². The number of nitrogens with one attached hydrogen (secondary N) is 1. The van der Waals surface area contributed by atoms with Gasteiger partial charge in [-0.2, -0.15) is 5.10 Å². The van der Waals surface area contributed by atoms with Crippen molar-refractivity contribution in [1.29, 1.82) is 0 Å². The molecule has 2 fully saturated rings. The molecule has 1 N–H and O–H groups in total. The lowest BCUT2D eigenvalue weighted by atomic mass is 9.99. The first kappa shape index (κ1) is 18.0. The summed E-state index contributed by atoms with van der Waals surface area (Å²) in [4.78, 5) is 27.6. The maximum atomic E-state index is 13.1. The highest BCUT2D eigenvalue weighted by Gasteiger charge is 2.26. The average Bonchev–Trinajstić information content (AvgIpc) is 3.06. The van der Waals surface area contributed by atoms with Crippen LogP contribution >= 0.6 is 0 Å². The SMILES string of the molecule is O=C(Cn1nc([C@H]2CCCNC2)n(-c2ccccc2)c1=O)N1CCCCC1. The number of hydrogen-bond donors (Lipinski definition) is 1. The number of nitrogens with zero attached hydrogens (tertiary/aromatic N) is 4. The van der Waals surface area contributed by atoms with E-state index in [1.165, 1.54) is 11.1 Å². The van der Waals surface area contributed by atoms with Crippen LogP contribution in [0, 0.1) is 0 Å². The van der Waals surface area contributed by atoms with Gasteiger partial charge in [0.25, 0.3) is 0 Å². The van der Waals surface area contributed by atoms with E-state index in [-0.39, 0.29) is 24.1 Å². The fourth-order valence-electron chi connectivity index (χ4n) is 4.06. The molecule has 0 aliphatic carbocycles. The number of rotatable bonds is 4. The minimum atomic E-state index is -0.230. The molecule has 2 aromatic rings. The van der Waals surface area contributed by atoms with Crippen molar-refractivity contribution in [3.8, 4) is 5.69 Å². The van der Waals surface area contributed by atoms with Gasteiger partial charge in [0.1, 0.15) is 12.4 Å². The number of amides is 1. The van der Waals surface area contributed by atoms with E-state index in [0.717, 1.165) is 63.4 Å². The van der Waals surface area contributed by atoms with Gasteiger partial charge in [0, 0.05) is 25.6 Å². The van der Waals surface area contributed by atoms with Gasteiger partial charge in [0.15, 0.2) is 0 Å². The van der Waals surface area contributed by atoms with Gasteiger partial charge in [-0.25, -0.2) is 14.0 Å². The van der Waals surface area contributed by atoms with Crippen molar-refractivity contribution >= 4 is 5.91 Å². The predicted molar refractivity (Wildman–Crippen MR) is 103 cm³/mol. The first-order valence-corrected chi connectivity index (χ1v) is 9.98. The van der Waals surface area contributed by atoms with Crippen LogP contribution in [0.2, 0.25) is 0 Å². The molecule has 4 rings (SSSR count). The highest BCUT2D eigenvalue weighted by atomic mass is 16.2. The monoisotopic (exact) mass is 369 g/mol. The molecule has 1 atom stereocenters. The quantitative estimate of drug-likeness (QED) is 0.887. The van der Waals surface area contributed by atoms with E-state index in [1.54, 1.807) is 4.57 Å². The topological polar surface area (TPSA) is 72.2 Å². The first-order valence-electron chi connectivity index (χ1n) is 9.98. The van der Waals surface area contributed by atoms with E-state index in [2.05, 4.69) is 10.4 Å². The van der Waals surface area contributed by atoms with Crippen LogP contribution in [0.5, 0.6) is 0 Å². The third kappa shape index (κ3) is 3.83. The third-order valence-corrected chi connectivity index (χ3v) is 5.53. The summed E-state index contributed by atoms with van der Waals surface area (Å²) in [5.41, 5.74) is 0.576. The Morgan fingerprint density at radius 3 is 2.59 bits per heavy atom. The van der Waals surface area contributed by atoms with Crippen LogP contribution in [0.25, 0.3) is 5.69 Å². The molecule has 2 saturated heterocycles. The minimum Gasteiger partial charge on any atom is -0.341 e. The van der Waals surface area contributed by atoms with Gasteiger partial charge >= 0.3 is 5.69 Å². The second-order valence-corrected chi connectivity index (χ2v) is 7.45. The number of piperidine rings is 2. The maximum Gasteiger partial charge on any atom is 0.351 e. The Bertz CT molecular complexity index is 830. The third-order valence-electron chi connectivity index (χ3n) is 5.53. The Balaban J connectivity index is 1.67. The van der Waals surface area contributed by atoms with E-state index < -0.39 is 0 Å². The van der Waals surface area contributed by atoms with Crippen molar-refractivity contribution in [3.63, 3.8) is 0 Å². The van der Waals surface area contributed by atoms with E-state index in [4.69, 9.17) is 0 Å². The Morgan fingerprint density at radius 2 is 1.89 bits per heavy atom. The summed E-state index contributed by atoms with van der Waals surface area (Å²) in [7, 11) is 0. The van der Waals surface area contributed by atoms with Gasteiger partial charge in [-0.1, -0.05) is 18.2 Å². The maximum absolute atomic E-state index is 13.1. The van der Waals surface area contributed by atoms with Crippen LogP contribution in [0.1, 0.15) is 43.8 Å². The van der Waals surface area contributed by atoms with Crippen molar-refractivity contribution in [2.24, 2.45) is 0 Å². The molecular formula is C20H27N5O2. The van der Waals surface area contributed by atoms with E-state index >= 15 is 0 Å². The lowest BCUT2D eigenvalue weighted by Crippen LogP contribution is -2.40. The van der Waals surface area contributed by atoms with Gasteiger partial charge in [-0.15, -0.1) is 0 Å². The molecule has 7 nitrogen and oxygen atoms in total. The van der Waals surface area contributed by atoms with Crippen LogP contribution in [0.4, 0.5) is 0 Å². The summed E-state index contributed by atoms with van der Waals surface area (Å²) in [6, 6.07) is 9.60. The standard InChI is InChI=1S/C20H27N5O2/c26-18(23-12-5-2-6-13-23)15-24-20(27)25(17-9-3-1-4-10-17)19(22-24)16-8-7-11-21-14-16/h1,3-4,9-10,16,21H,2,5-8,11-15H2/t16-/m0/s1. The summed E-state index contributed by atoms with van der Waals surface area (Å²) >= 11 is 0. The molecule has 0 spiro atoms. The molecule has 1 aromatic heterocycles. The predicted octanol–water partition coefficient (Wildman–Crippen LogP) is 1.51. The van der Waals surface area contributed by atoms with Gasteiger partial charge in [-0.05, 0) is 50.8 Å². The molecule has 0 radical (unpaired) electrons. The molecule has 144 valence electrons. The van der Waals surface area contributed by atoms with Gasteiger partial charge in [0.2, 0.25) is 5.91 Å².